The summed E-state index contributed by atoms with van der Waals surface area (Å²) in [6.45, 7) is 3.36. The molecule has 2 aromatic carbocycles. The van der Waals surface area contributed by atoms with Crippen molar-refractivity contribution in [2.24, 2.45) is 0 Å². The Labute approximate surface area is 166 Å². The van der Waals surface area contributed by atoms with Crippen LogP contribution in [-0.4, -0.2) is 35.8 Å². The van der Waals surface area contributed by atoms with Crippen LogP contribution in [0.4, 0.5) is 11.4 Å². The maximum atomic E-state index is 12.3. The van der Waals surface area contributed by atoms with Crippen LogP contribution in [0.2, 0.25) is 0 Å². The van der Waals surface area contributed by atoms with Crippen LogP contribution in [0, 0.1) is 17.0 Å². The number of benzene rings is 2. The molecule has 0 aliphatic carbocycles. The van der Waals surface area contributed by atoms with E-state index < -0.39 is 22.9 Å². The van der Waals surface area contributed by atoms with Crippen molar-refractivity contribution in [2.75, 3.05) is 18.2 Å². The molecular formula is C19H20N2O6S. The lowest BCUT2D eigenvalue weighted by atomic mass is 10.2. The highest BCUT2D eigenvalue weighted by molar-refractivity contribution is 8.00. The molecule has 0 radical (unpaired) electrons. The predicted octanol–water partition coefficient (Wildman–Crippen LogP) is 3.57. The van der Waals surface area contributed by atoms with E-state index in [4.69, 9.17) is 9.47 Å². The van der Waals surface area contributed by atoms with Crippen molar-refractivity contribution in [3.05, 3.63) is 58.1 Å². The van der Waals surface area contributed by atoms with Crippen LogP contribution in [-0.2, 0) is 14.3 Å². The summed E-state index contributed by atoms with van der Waals surface area (Å²) in [7, 11) is 1.50. The van der Waals surface area contributed by atoms with Crippen LogP contribution < -0.4 is 10.1 Å². The summed E-state index contributed by atoms with van der Waals surface area (Å²) in [5.41, 5.74) is 1.42. The average molecular weight is 404 g/mol. The first-order chi connectivity index (χ1) is 13.3. The first-order valence-electron chi connectivity index (χ1n) is 8.32. The third-order valence-electron chi connectivity index (χ3n) is 3.69. The number of rotatable bonds is 8. The summed E-state index contributed by atoms with van der Waals surface area (Å²) >= 11 is 1.17. The van der Waals surface area contributed by atoms with Gasteiger partial charge in [0, 0.05) is 17.0 Å². The molecule has 0 fully saturated rings. The second-order valence-corrected chi connectivity index (χ2v) is 6.91. The summed E-state index contributed by atoms with van der Waals surface area (Å²) < 4.78 is 10.4. The number of non-ortho nitro benzene ring substituents is 1. The van der Waals surface area contributed by atoms with Crippen molar-refractivity contribution in [3.8, 4) is 5.75 Å². The highest BCUT2D eigenvalue weighted by atomic mass is 32.2. The van der Waals surface area contributed by atoms with E-state index in [-0.39, 0.29) is 11.4 Å². The summed E-state index contributed by atoms with van der Waals surface area (Å²) in [5, 5.41) is 13.3. The van der Waals surface area contributed by atoms with E-state index in [1.165, 1.54) is 37.9 Å². The maximum absolute atomic E-state index is 12.3. The third-order valence-corrected chi connectivity index (χ3v) is 4.68. The number of nitro groups is 1. The molecule has 1 atom stereocenters. The Morgan fingerprint density at radius 2 is 1.89 bits per heavy atom. The van der Waals surface area contributed by atoms with E-state index in [2.05, 4.69) is 5.32 Å². The number of nitrogens with one attached hydrogen (secondary N) is 1. The summed E-state index contributed by atoms with van der Waals surface area (Å²) in [6.07, 6.45) is -0.991. The molecule has 1 amide bonds. The lowest BCUT2D eigenvalue weighted by Crippen LogP contribution is -2.30. The quantitative estimate of drug-likeness (QED) is 0.310. The third kappa shape index (κ3) is 5.98. The molecule has 0 aromatic heterocycles. The van der Waals surface area contributed by atoms with Crippen molar-refractivity contribution < 1.29 is 24.0 Å². The fraction of sp³-hybridized carbons (Fsp3) is 0.263. The molecule has 0 saturated carbocycles. The van der Waals surface area contributed by atoms with Gasteiger partial charge in [0.2, 0.25) is 0 Å². The first kappa shape index (κ1) is 21.2. The Kier molecular flexibility index (Phi) is 7.39. The molecule has 0 aliphatic heterocycles. The Hall–Kier alpha value is -3.07. The fourth-order valence-corrected chi connectivity index (χ4v) is 2.93. The molecule has 28 heavy (non-hydrogen) atoms. The standard InChI is InChI=1S/C19H20N2O6S/c1-12-4-9-17(26-3)16(10-12)20-19(23)13(2)27-18(22)11-28-15-7-5-14(6-8-15)21(24)25/h4-10,13H,11H2,1-3H3,(H,20,23)/t13-/m0/s1. The smallest absolute Gasteiger partial charge is 0.317 e. The van der Waals surface area contributed by atoms with Gasteiger partial charge in [0.05, 0.1) is 23.5 Å². The Morgan fingerprint density at radius 1 is 1.21 bits per heavy atom. The number of amides is 1. The molecule has 2 aromatic rings. The van der Waals surface area contributed by atoms with Gasteiger partial charge in [0.1, 0.15) is 5.75 Å². The van der Waals surface area contributed by atoms with Crippen LogP contribution in [0.5, 0.6) is 5.75 Å². The number of esters is 1. The van der Waals surface area contributed by atoms with Gasteiger partial charge in [0.25, 0.3) is 11.6 Å². The number of nitrogens with zero attached hydrogens (tertiary/aromatic N) is 1. The number of methoxy groups -OCH3 is 1. The van der Waals surface area contributed by atoms with Crippen molar-refractivity contribution in [2.45, 2.75) is 24.8 Å². The summed E-state index contributed by atoms with van der Waals surface area (Å²) in [6, 6.07) is 11.2. The summed E-state index contributed by atoms with van der Waals surface area (Å²) in [4.78, 5) is 35.1. The number of anilines is 1. The van der Waals surface area contributed by atoms with E-state index in [1.807, 2.05) is 13.0 Å². The van der Waals surface area contributed by atoms with Crippen LogP contribution in [0.25, 0.3) is 0 Å². The van der Waals surface area contributed by atoms with Crippen LogP contribution in [0.3, 0.4) is 0 Å². The van der Waals surface area contributed by atoms with Crippen molar-refractivity contribution in [3.63, 3.8) is 0 Å². The second kappa shape index (κ2) is 9.75. The van der Waals surface area contributed by atoms with Crippen LogP contribution in [0.1, 0.15) is 12.5 Å². The molecule has 0 spiro atoms. The van der Waals surface area contributed by atoms with Gasteiger partial charge < -0.3 is 14.8 Å². The van der Waals surface area contributed by atoms with Crippen LogP contribution >= 0.6 is 11.8 Å². The van der Waals surface area contributed by atoms with E-state index >= 15 is 0 Å². The highest BCUT2D eigenvalue weighted by Gasteiger charge is 2.19. The minimum absolute atomic E-state index is 0.0243. The van der Waals surface area contributed by atoms with Gasteiger partial charge in [0.15, 0.2) is 6.10 Å². The molecular weight excluding hydrogens is 384 g/mol. The first-order valence-corrected chi connectivity index (χ1v) is 9.31. The average Bonchev–Trinajstić information content (AvgIpc) is 2.66. The zero-order valence-corrected chi connectivity index (χ0v) is 16.4. The molecule has 0 heterocycles. The maximum Gasteiger partial charge on any atom is 0.317 e. The molecule has 0 unspecified atom stereocenters. The second-order valence-electron chi connectivity index (χ2n) is 5.86. The van der Waals surface area contributed by atoms with Crippen molar-refractivity contribution in [1.82, 2.24) is 0 Å². The largest absolute Gasteiger partial charge is 0.495 e. The number of aryl methyl sites for hydroxylation is 1. The number of nitro benzene ring substituents is 1. The van der Waals surface area contributed by atoms with Gasteiger partial charge in [-0.05, 0) is 43.7 Å². The molecule has 0 aliphatic rings. The molecule has 9 heteroatoms. The number of carbonyl (C=O) groups is 2. The number of hydrogen-bond acceptors (Lipinski definition) is 7. The monoisotopic (exact) mass is 404 g/mol. The van der Waals surface area contributed by atoms with E-state index in [9.17, 15) is 19.7 Å². The van der Waals surface area contributed by atoms with Gasteiger partial charge >= 0.3 is 5.97 Å². The Bertz CT molecular complexity index is 869. The van der Waals surface area contributed by atoms with Gasteiger partial charge in [-0.3, -0.25) is 19.7 Å². The lowest BCUT2D eigenvalue weighted by molar-refractivity contribution is -0.384. The Balaban J connectivity index is 1.86. The normalized spacial score (nSPS) is 11.4. The van der Waals surface area contributed by atoms with Gasteiger partial charge in [-0.1, -0.05) is 6.07 Å². The molecule has 1 N–H and O–H groups in total. The number of thioether (sulfide) groups is 1. The zero-order valence-electron chi connectivity index (χ0n) is 15.6. The van der Waals surface area contributed by atoms with Gasteiger partial charge in [-0.25, -0.2) is 0 Å². The van der Waals surface area contributed by atoms with E-state index in [0.717, 1.165) is 5.56 Å². The summed E-state index contributed by atoms with van der Waals surface area (Å²) in [5.74, 6) is -0.561. The fourth-order valence-electron chi connectivity index (χ4n) is 2.24. The van der Waals surface area contributed by atoms with Crippen molar-refractivity contribution in [1.29, 1.82) is 0 Å². The molecule has 2 rings (SSSR count). The Morgan fingerprint density at radius 3 is 2.50 bits per heavy atom. The number of ether oxygens (including phenoxy) is 2. The topological polar surface area (TPSA) is 108 Å². The predicted molar refractivity (Wildman–Crippen MR) is 106 cm³/mol. The van der Waals surface area contributed by atoms with Gasteiger partial charge in [-0.15, -0.1) is 11.8 Å². The van der Waals surface area contributed by atoms with Crippen LogP contribution in [0.15, 0.2) is 47.4 Å². The minimum Gasteiger partial charge on any atom is -0.495 e. The minimum atomic E-state index is -0.991. The number of carbonyl (C=O) groups excluding carboxylic acids is 2. The molecule has 148 valence electrons. The lowest BCUT2D eigenvalue weighted by Gasteiger charge is -2.15. The molecule has 0 saturated heterocycles. The SMILES string of the molecule is COc1ccc(C)cc1NC(=O)[C@H](C)OC(=O)CSc1ccc([N+](=O)[O-])cc1. The number of hydrogen-bond donors (Lipinski definition) is 1. The van der Waals surface area contributed by atoms with E-state index in [1.54, 1.807) is 24.3 Å². The molecule has 0 bridgehead atoms. The zero-order chi connectivity index (χ0) is 20.7. The van der Waals surface area contributed by atoms with E-state index in [0.29, 0.717) is 16.3 Å². The van der Waals surface area contributed by atoms with Gasteiger partial charge in [-0.2, -0.15) is 0 Å². The highest BCUT2D eigenvalue weighted by Crippen LogP contribution is 2.25. The van der Waals surface area contributed by atoms with Crippen molar-refractivity contribution >= 4 is 35.0 Å². The molecule has 8 nitrogen and oxygen atoms in total.